The van der Waals surface area contributed by atoms with Crippen LogP contribution in [0.2, 0.25) is 0 Å². The molecule has 1 aromatic rings. The van der Waals surface area contributed by atoms with Gasteiger partial charge in [-0.25, -0.2) is 0 Å². The van der Waals surface area contributed by atoms with Crippen molar-refractivity contribution in [3.63, 3.8) is 0 Å². The van der Waals surface area contributed by atoms with E-state index in [0.717, 1.165) is 17.3 Å². The molecule has 0 aliphatic rings. The Morgan fingerprint density at radius 3 is 2.46 bits per heavy atom. The highest BCUT2D eigenvalue weighted by Gasteiger charge is 1.97. The Balaban J connectivity index is 2.58. The minimum atomic E-state index is 0.360. The van der Waals surface area contributed by atoms with Gasteiger partial charge in [-0.05, 0) is 11.0 Å². The molecule has 0 aliphatic carbocycles. The number of hydrogen-bond acceptors (Lipinski definition) is 3. The minimum absolute atomic E-state index is 0.360. The van der Waals surface area contributed by atoms with Gasteiger partial charge in [0.05, 0.1) is 0 Å². The summed E-state index contributed by atoms with van der Waals surface area (Å²) in [5, 5.41) is 0. The minimum Gasteiger partial charge on any atom is -0.535 e. The van der Waals surface area contributed by atoms with Crippen LogP contribution in [0.25, 0.3) is 0 Å². The van der Waals surface area contributed by atoms with Crippen molar-refractivity contribution < 1.29 is 14.2 Å². The van der Waals surface area contributed by atoms with Gasteiger partial charge < -0.3 is 9.45 Å². The molecule has 0 amide bonds. The van der Waals surface area contributed by atoms with Crippen LogP contribution < -0.4 is 5.46 Å². The lowest BCUT2D eigenvalue weighted by Gasteiger charge is -1.98. The maximum absolute atomic E-state index is 10.2. The lowest BCUT2D eigenvalue weighted by atomic mass is 9.87. The van der Waals surface area contributed by atoms with E-state index in [2.05, 4.69) is 4.65 Å². The molecule has 0 atom stereocenters. The van der Waals surface area contributed by atoms with Crippen LogP contribution in [-0.4, -0.2) is 20.2 Å². The first-order chi connectivity index (χ1) is 6.36. The topological polar surface area (TPSA) is 43.4 Å². The Hall–Kier alpha value is -1.58. The second kappa shape index (κ2) is 5.14. The largest absolute Gasteiger partial charge is 0.535 e. The molecule has 0 fully saturated rings. The lowest BCUT2D eigenvalue weighted by Crippen LogP contribution is -2.16. The molecule has 1 aromatic carbocycles. The van der Waals surface area contributed by atoms with Crippen LogP contribution in [0.3, 0.4) is 0 Å². The Labute approximate surface area is 77.0 Å². The summed E-state index contributed by atoms with van der Waals surface area (Å²) in [4.78, 5) is 20.0. The summed E-state index contributed by atoms with van der Waals surface area (Å²) in [6.07, 6.45) is 1.26. The molecule has 0 saturated carbocycles. The number of benzene rings is 1. The zero-order chi connectivity index (χ0) is 9.52. The van der Waals surface area contributed by atoms with E-state index in [4.69, 9.17) is 0 Å². The first-order valence-electron chi connectivity index (χ1n) is 3.81. The Kier molecular flexibility index (Phi) is 3.76. The standard InChI is InChI=1S/C9H8BO3/c11-6-5-8-1-3-9(4-2-8)10-13-7-12/h1-4,6-7H,5H2. The van der Waals surface area contributed by atoms with Gasteiger partial charge in [0.1, 0.15) is 6.29 Å². The molecular formula is C9H8BO3. The quantitative estimate of drug-likeness (QED) is 0.461. The molecule has 65 valence electrons. The van der Waals surface area contributed by atoms with E-state index in [1.165, 1.54) is 7.48 Å². The van der Waals surface area contributed by atoms with Crippen LogP contribution in [0.4, 0.5) is 0 Å². The summed E-state index contributed by atoms with van der Waals surface area (Å²) in [5.41, 5.74) is 1.74. The Morgan fingerprint density at radius 2 is 1.92 bits per heavy atom. The predicted molar refractivity (Wildman–Crippen MR) is 48.7 cm³/mol. The summed E-state index contributed by atoms with van der Waals surface area (Å²) in [6, 6.07) is 7.19. The molecule has 0 aromatic heterocycles. The van der Waals surface area contributed by atoms with Gasteiger partial charge in [-0.15, -0.1) is 0 Å². The molecule has 0 heterocycles. The van der Waals surface area contributed by atoms with Crippen molar-refractivity contribution in [3.8, 4) is 0 Å². The van der Waals surface area contributed by atoms with Gasteiger partial charge in [-0.1, -0.05) is 24.3 Å². The van der Waals surface area contributed by atoms with Gasteiger partial charge >= 0.3 is 7.48 Å². The highest BCUT2D eigenvalue weighted by atomic mass is 16.5. The fourth-order valence-corrected chi connectivity index (χ4v) is 0.935. The molecule has 1 radical (unpaired) electrons. The molecule has 13 heavy (non-hydrogen) atoms. The van der Waals surface area contributed by atoms with Crippen LogP contribution in [0.5, 0.6) is 0 Å². The number of carbonyl (C=O) groups excluding carboxylic acids is 2. The van der Waals surface area contributed by atoms with E-state index < -0.39 is 0 Å². The van der Waals surface area contributed by atoms with Crippen molar-refractivity contribution in [1.29, 1.82) is 0 Å². The summed E-state index contributed by atoms with van der Waals surface area (Å²) >= 11 is 0. The third-order valence-corrected chi connectivity index (χ3v) is 1.56. The molecule has 3 nitrogen and oxygen atoms in total. The van der Waals surface area contributed by atoms with Gasteiger partial charge in [-0.2, -0.15) is 0 Å². The van der Waals surface area contributed by atoms with Gasteiger partial charge in [0.2, 0.25) is 0 Å². The summed E-state index contributed by atoms with van der Waals surface area (Å²) < 4.78 is 4.44. The maximum Gasteiger partial charge on any atom is 0.412 e. The van der Waals surface area contributed by atoms with Crippen molar-refractivity contribution in [1.82, 2.24) is 0 Å². The van der Waals surface area contributed by atoms with Crippen LogP contribution >= 0.6 is 0 Å². The van der Waals surface area contributed by atoms with Crippen LogP contribution in [0.15, 0.2) is 24.3 Å². The third-order valence-electron chi connectivity index (χ3n) is 1.56. The average molecular weight is 175 g/mol. The first-order valence-corrected chi connectivity index (χ1v) is 3.81. The lowest BCUT2D eigenvalue weighted by molar-refractivity contribution is -0.120. The number of rotatable bonds is 5. The summed E-state index contributed by atoms with van der Waals surface area (Å²) in [6.45, 7) is 0.360. The van der Waals surface area contributed by atoms with E-state index in [-0.39, 0.29) is 0 Å². The SMILES string of the molecule is O=CCc1ccc([B]OC=O)cc1. The number of hydrogen-bond donors (Lipinski definition) is 0. The molecule has 4 heteroatoms. The number of carbonyl (C=O) groups is 2. The van der Waals surface area contributed by atoms with Gasteiger partial charge in [-0.3, -0.25) is 4.79 Å². The fourth-order valence-electron chi connectivity index (χ4n) is 0.935. The van der Waals surface area contributed by atoms with Crippen molar-refractivity contribution >= 4 is 25.7 Å². The Bertz CT molecular complexity index is 281. The molecule has 0 aliphatic heterocycles. The monoisotopic (exact) mass is 175 g/mol. The van der Waals surface area contributed by atoms with Crippen molar-refractivity contribution in [2.45, 2.75) is 6.42 Å². The highest BCUT2D eigenvalue weighted by molar-refractivity contribution is 6.48. The van der Waals surface area contributed by atoms with E-state index >= 15 is 0 Å². The average Bonchev–Trinajstić information content (AvgIpc) is 2.17. The summed E-state index contributed by atoms with van der Waals surface area (Å²) in [7, 11) is 1.34. The highest BCUT2D eigenvalue weighted by Crippen LogP contribution is 1.95. The van der Waals surface area contributed by atoms with Crippen molar-refractivity contribution in [2.75, 3.05) is 0 Å². The summed E-state index contributed by atoms with van der Waals surface area (Å²) in [5.74, 6) is 0. The first kappa shape index (κ1) is 9.51. The second-order valence-corrected chi connectivity index (χ2v) is 2.46. The van der Waals surface area contributed by atoms with Gasteiger partial charge in [0, 0.05) is 6.42 Å². The van der Waals surface area contributed by atoms with Gasteiger partial charge in [0.25, 0.3) is 6.47 Å². The molecule has 0 unspecified atom stereocenters. The smallest absolute Gasteiger partial charge is 0.412 e. The maximum atomic E-state index is 10.2. The second-order valence-electron chi connectivity index (χ2n) is 2.46. The fraction of sp³-hybridized carbons (Fsp3) is 0.111. The molecule has 0 saturated heterocycles. The van der Waals surface area contributed by atoms with Crippen LogP contribution in [-0.2, 0) is 20.7 Å². The number of aldehydes is 1. The normalized spacial score (nSPS) is 8.92. The zero-order valence-electron chi connectivity index (χ0n) is 6.97. The van der Waals surface area contributed by atoms with Crippen LogP contribution in [0, 0.1) is 0 Å². The van der Waals surface area contributed by atoms with E-state index in [1.54, 1.807) is 12.1 Å². The van der Waals surface area contributed by atoms with E-state index in [1.807, 2.05) is 12.1 Å². The molecular weight excluding hydrogens is 167 g/mol. The zero-order valence-corrected chi connectivity index (χ0v) is 6.97. The Morgan fingerprint density at radius 1 is 1.23 bits per heavy atom. The molecule has 1 rings (SSSR count). The third kappa shape index (κ3) is 3.11. The van der Waals surface area contributed by atoms with Gasteiger partial charge in [0.15, 0.2) is 0 Å². The van der Waals surface area contributed by atoms with Crippen LogP contribution in [0.1, 0.15) is 5.56 Å². The molecule has 0 spiro atoms. The van der Waals surface area contributed by atoms with E-state index in [0.29, 0.717) is 12.9 Å². The predicted octanol–water partition coefficient (Wildman–Crippen LogP) is -0.155. The van der Waals surface area contributed by atoms with Crippen molar-refractivity contribution in [3.05, 3.63) is 29.8 Å². The van der Waals surface area contributed by atoms with E-state index in [9.17, 15) is 9.59 Å². The van der Waals surface area contributed by atoms with Crippen molar-refractivity contribution in [2.24, 2.45) is 0 Å². The molecule has 0 bridgehead atoms. The molecule has 0 N–H and O–H groups in total.